The number of carbonyl (C=O) groups excluding carboxylic acids is 1. The molecule has 22 heavy (non-hydrogen) atoms. The summed E-state index contributed by atoms with van der Waals surface area (Å²) < 4.78 is 0. The first kappa shape index (κ1) is 17.6. The molecule has 2 fully saturated rings. The maximum absolute atomic E-state index is 12.7. The number of hydrogen-bond donors (Lipinski definition) is 4. The van der Waals surface area contributed by atoms with E-state index in [9.17, 15) is 9.90 Å². The first-order valence-corrected chi connectivity index (χ1v) is 8.30. The van der Waals surface area contributed by atoms with Gasteiger partial charge < -0.3 is 20.2 Å². The van der Waals surface area contributed by atoms with Gasteiger partial charge in [-0.2, -0.15) is 0 Å². The molecule has 2 heterocycles. The molecule has 1 amide bonds. The van der Waals surface area contributed by atoms with E-state index in [0.717, 1.165) is 39.1 Å². The van der Waals surface area contributed by atoms with E-state index in [2.05, 4.69) is 29.5 Å². The third-order valence-electron chi connectivity index (χ3n) is 4.95. The number of hydrazine groups is 1. The van der Waals surface area contributed by atoms with Gasteiger partial charge in [0.2, 0.25) is 5.91 Å². The lowest BCUT2D eigenvalue weighted by Gasteiger charge is -2.37. The fraction of sp³-hybridized carbons (Fsp3) is 0.933. The van der Waals surface area contributed by atoms with E-state index in [1.54, 1.807) is 4.90 Å². The number of β-amino-alcohol motifs (C(OH)–C–C–N with tert-alkyl or cyclic N) is 1. The third-order valence-corrected chi connectivity index (χ3v) is 4.95. The van der Waals surface area contributed by atoms with Crippen LogP contribution in [0.2, 0.25) is 0 Å². The lowest BCUT2D eigenvalue weighted by atomic mass is 9.80. The summed E-state index contributed by atoms with van der Waals surface area (Å²) in [6.45, 7) is 10.4. The highest BCUT2D eigenvalue weighted by Crippen LogP contribution is 2.28. The molecular weight excluding hydrogens is 282 g/mol. The Bertz CT molecular complexity index is 371. The number of aliphatic hydroxyl groups excluding tert-OH is 1. The second kappa shape index (κ2) is 7.70. The molecule has 7 heteroatoms. The van der Waals surface area contributed by atoms with Gasteiger partial charge in [0.15, 0.2) is 0 Å². The number of nitrogens with zero attached hydrogens (tertiary/aromatic N) is 2. The average molecular weight is 313 g/mol. The molecule has 2 atom stereocenters. The van der Waals surface area contributed by atoms with E-state index in [4.69, 9.17) is 5.84 Å². The lowest BCUT2D eigenvalue weighted by Crippen LogP contribution is -2.56. The molecule has 0 bridgehead atoms. The van der Waals surface area contributed by atoms with Crippen LogP contribution in [-0.4, -0.2) is 78.8 Å². The fourth-order valence-electron chi connectivity index (χ4n) is 3.28. The van der Waals surface area contributed by atoms with Crippen molar-refractivity contribution in [1.29, 1.82) is 0 Å². The SMILES string of the molecule is CC(C)(CCN1CCNCC1)C(NN)C(=O)N1CCC(O)C1. The zero-order valence-corrected chi connectivity index (χ0v) is 13.8. The number of rotatable bonds is 6. The standard InChI is InChI=1S/C15H31N5O2/c1-15(2,4-8-19-9-5-17-6-10-19)13(18-16)14(22)20-7-3-12(21)11-20/h12-13,17-18,21H,3-11,16H2,1-2H3. The number of piperazine rings is 1. The van der Waals surface area contributed by atoms with Crippen molar-refractivity contribution < 1.29 is 9.90 Å². The molecule has 0 aromatic heterocycles. The molecule has 5 N–H and O–H groups in total. The summed E-state index contributed by atoms with van der Waals surface area (Å²) in [6, 6.07) is -0.416. The molecule has 0 saturated carbocycles. The zero-order chi connectivity index (χ0) is 16.2. The van der Waals surface area contributed by atoms with E-state index in [-0.39, 0.29) is 11.3 Å². The predicted octanol–water partition coefficient (Wildman–Crippen LogP) is -1.27. The van der Waals surface area contributed by atoms with Gasteiger partial charge in [-0.3, -0.25) is 10.6 Å². The van der Waals surface area contributed by atoms with E-state index in [0.29, 0.717) is 19.5 Å². The molecule has 2 rings (SSSR count). The smallest absolute Gasteiger partial charge is 0.241 e. The Kier molecular flexibility index (Phi) is 6.17. The summed E-state index contributed by atoms with van der Waals surface area (Å²) in [5, 5.41) is 13.0. The molecule has 128 valence electrons. The van der Waals surface area contributed by atoms with Gasteiger partial charge in [-0.25, -0.2) is 5.43 Å². The van der Waals surface area contributed by atoms with Crippen LogP contribution in [0, 0.1) is 5.41 Å². The predicted molar refractivity (Wildman–Crippen MR) is 86.0 cm³/mol. The number of carbonyl (C=O) groups is 1. The van der Waals surface area contributed by atoms with Gasteiger partial charge in [0.25, 0.3) is 0 Å². The van der Waals surface area contributed by atoms with Crippen molar-refractivity contribution >= 4 is 5.91 Å². The van der Waals surface area contributed by atoms with Crippen molar-refractivity contribution in [3.63, 3.8) is 0 Å². The van der Waals surface area contributed by atoms with Gasteiger partial charge in [-0.05, 0) is 24.8 Å². The molecule has 0 aromatic rings. The van der Waals surface area contributed by atoms with Gasteiger partial charge in [0, 0.05) is 39.3 Å². The molecular formula is C15H31N5O2. The van der Waals surface area contributed by atoms with Crippen LogP contribution in [0.5, 0.6) is 0 Å². The zero-order valence-electron chi connectivity index (χ0n) is 13.8. The minimum Gasteiger partial charge on any atom is -0.391 e. The molecule has 0 spiro atoms. The molecule has 0 aromatic carbocycles. The average Bonchev–Trinajstić information content (AvgIpc) is 2.93. The molecule has 7 nitrogen and oxygen atoms in total. The van der Waals surface area contributed by atoms with E-state index in [1.165, 1.54) is 0 Å². The van der Waals surface area contributed by atoms with Crippen molar-refractivity contribution in [1.82, 2.24) is 20.5 Å². The Labute approximate surface area is 133 Å². The highest BCUT2D eigenvalue weighted by atomic mass is 16.3. The maximum atomic E-state index is 12.7. The second-order valence-corrected chi connectivity index (χ2v) is 7.16. The van der Waals surface area contributed by atoms with Crippen molar-refractivity contribution in [2.24, 2.45) is 11.3 Å². The van der Waals surface area contributed by atoms with Crippen molar-refractivity contribution in [2.75, 3.05) is 45.8 Å². The number of likely N-dealkylation sites (tertiary alicyclic amines) is 1. The van der Waals surface area contributed by atoms with Gasteiger partial charge >= 0.3 is 0 Å². The molecule has 0 aliphatic carbocycles. The highest BCUT2D eigenvalue weighted by Gasteiger charge is 2.38. The lowest BCUT2D eigenvalue weighted by molar-refractivity contribution is -0.136. The minimum atomic E-state index is -0.416. The Balaban J connectivity index is 1.90. The van der Waals surface area contributed by atoms with Crippen molar-refractivity contribution in [3.8, 4) is 0 Å². The van der Waals surface area contributed by atoms with Gasteiger partial charge in [-0.1, -0.05) is 13.8 Å². The van der Waals surface area contributed by atoms with Crippen LogP contribution in [-0.2, 0) is 4.79 Å². The number of aliphatic hydroxyl groups is 1. The Morgan fingerprint density at radius 2 is 2.09 bits per heavy atom. The number of nitrogens with one attached hydrogen (secondary N) is 2. The molecule has 2 unspecified atom stereocenters. The number of hydrogen-bond acceptors (Lipinski definition) is 6. The van der Waals surface area contributed by atoms with Crippen LogP contribution >= 0.6 is 0 Å². The Hall–Kier alpha value is -0.730. The summed E-state index contributed by atoms with van der Waals surface area (Å²) in [5.74, 6) is 5.69. The quantitative estimate of drug-likeness (QED) is 0.361. The highest BCUT2D eigenvalue weighted by molar-refractivity contribution is 5.83. The number of nitrogens with two attached hydrogens (primary N) is 1. The third kappa shape index (κ3) is 4.39. The fourth-order valence-corrected chi connectivity index (χ4v) is 3.28. The number of amides is 1. The van der Waals surface area contributed by atoms with Gasteiger partial charge in [0.1, 0.15) is 6.04 Å². The van der Waals surface area contributed by atoms with E-state index in [1.807, 2.05) is 0 Å². The maximum Gasteiger partial charge on any atom is 0.241 e. The minimum absolute atomic E-state index is 0.00404. The first-order chi connectivity index (χ1) is 10.4. The summed E-state index contributed by atoms with van der Waals surface area (Å²) in [6.07, 6.45) is 1.17. The van der Waals surface area contributed by atoms with Crippen molar-refractivity contribution in [3.05, 3.63) is 0 Å². The largest absolute Gasteiger partial charge is 0.391 e. The molecule has 2 saturated heterocycles. The summed E-state index contributed by atoms with van der Waals surface area (Å²) in [5.41, 5.74) is 2.49. The molecule has 2 aliphatic rings. The topological polar surface area (TPSA) is 93.9 Å². The first-order valence-electron chi connectivity index (χ1n) is 8.30. The molecule has 2 aliphatic heterocycles. The van der Waals surface area contributed by atoms with Crippen LogP contribution in [0.1, 0.15) is 26.7 Å². The second-order valence-electron chi connectivity index (χ2n) is 7.16. The van der Waals surface area contributed by atoms with Crippen LogP contribution in [0.4, 0.5) is 0 Å². The van der Waals surface area contributed by atoms with E-state index >= 15 is 0 Å². The molecule has 0 radical (unpaired) electrons. The van der Waals surface area contributed by atoms with Gasteiger partial charge in [0.05, 0.1) is 6.10 Å². The Morgan fingerprint density at radius 1 is 1.41 bits per heavy atom. The van der Waals surface area contributed by atoms with Crippen LogP contribution < -0.4 is 16.6 Å². The van der Waals surface area contributed by atoms with Crippen LogP contribution in [0.15, 0.2) is 0 Å². The van der Waals surface area contributed by atoms with Crippen molar-refractivity contribution in [2.45, 2.75) is 38.8 Å². The monoisotopic (exact) mass is 313 g/mol. The van der Waals surface area contributed by atoms with Crippen LogP contribution in [0.3, 0.4) is 0 Å². The normalized spacial score (nSPS) is 25.5. The summed E-state index contributed by atoms with van der Waals surface area (Å²) >= 11 is 0. The van der Waals surface area contributed by atoms with Crippen LogP contribution in [0.25, 0.3) is 0 Å². The Morgan fingerprint density at radius 3 is 2.64 bits per heavy atom. The van der Waals surface area contributed by atoms with Gasteiger partial charge in [-0.15, -0.1) is 0 Å². The summed E-state index contributed by atoms with van der Waals surface area (Å²) in [7, 11) is 0. The van der Waals surface area contributed by atoms with E-state index < -0.39 is 12.1 Å². The summed E-state index contributed by atoms with van der Waals surface area (Å²) in [4.78, 5) is 16.8.